The minimum atomic E-state index is -4.32. The Morgan fingerprint density at radius 1 is 0.844 bits per heavy atom. The topological polar surface area (TPSA) is 108 Å². The molecule has 0 fully saturated rings. The Morgan fingerprint density at radius 3 is 2.06 bits per heavy atom. The van der Waals surface area contributed by atoms with Crippen molar-refractivity contribution in [1.82, 2.24) is 0 Å². The molecule has 2 unspecified atom stereocenters. The van der Waals surface area contributed by atoms with E-state index < -0.39 is 26.5 Å². The Hall–Kier alpha value is -0.990. The van der Waals surface area contributed by atoms with E-state index in [-0.39, 0.29) is 32.0 Å². The fourth-order valence-electron chi connectivity index (χ4n) is 2.63. The molecule has 10 heteroatoms. The second kappa shape index (κ2) is 17.5. The lowest BCUT2D eigenvalue weighted by Gasteiger charge is -2.24. The number of carbonyl (C=O) groups is 2. The van der Waals surface area contributed by atoms with Gasteiger partial charge in [0.1, 0.15) is 19.8 Å². The Bertz CT molecular complexity index is 565. The third kappa shape index (κ3) is 19.7. The van der Waals surface area contributed by atoms with Crippen molar-refractivity contribution in [2.45, 2.75) is 84.2 Å². The quantitative estimate of drug-likeness (QED) is 0.119. The molecule has 0 aliphatic heterocycles. The van der Waals surface area contributed by atoms with Crippen LogP contribution in [-0.4, -0.2) is 74.9 Å². The van der Waals surface area contributed by atoms with Crippen LogP contribution in [0.2, 0.25) is 0 Å². The zero-order valence-corrected chi connectivity index (χ0v) is 21.6. The minimum absolute atomic E-state index is 0.0332. The lowest BCUT2D eigenvalue weighted by Crippen LogP contribution is -2.37. The predicted octanol–water partition coefficient (Wildman–Crippen LogP) is 4.22. The maximum atomic E-state index is 12.1. The first-order valence-corrected chi connectivity index (χ1v) is 13.3. The van der Waals surface area contributed by atoms with Crippen LogP contribution in [0.1, 0.15) is 78.1 Å². The van der Waals surface area contributed by atoms with E-state index in [1.165, 1.54) is 12.8 Å². The average molecular weight is 483 g/mol. The summed E-state index contributed by atoms with van der Waals surface area (Å²) >= 11 is 0. The van der Waals surface area contributed by atoms with E-state index in [0.717, 1.165) is 32.1 Å². The zero-order valence-electron chi connectivity index (χ0n) is 20.7. The van der Waals surface area contributed by atoms with Crippen molar-refractivity contribution >= 4 is 19.8 Å². The van der Waals surface area contributed by atoms with Crippen LogP contribution in [0.4, 0.5) is 0 Å². The summed E-state index contributed by atoms with van der Waals surface area (Å²) in [6.45, 7) is 4.02. The van der Waals surface area contributed by atoms with Crippen LogP contribution in [0.25, 0.3) is 0 Å². The highest BCUT2D eigenvalue weighted by Crippen LogP contribution is 2.43. The summed E-state index contributed by atoms with van der Waals surface area (Å²) in [5, 5.41) is 0. The van der Waals surface area contributed by atoms with E-state index in [1.54, 1.807) is 0 Å². The summed E-state index contributed by atoms with van der Waals surface area (Å²) in [4.78, 5) is 33.8. The van der Waals surface area contributed by atoms with Gasteiger partial charge in [-0.2, -0.15) is 0 Å². The summed E-state index contributed by atoms with van der Waals surface area (Å²) in [6.07, 6.45) is 7.35. The molecule has 0 amide bonds. The van der Waals surface area contributed by atoms with Crippen molar-refractivity contribution < 1.29 is 42.1 Å². The number of ether oxygens (including phenoxy) is 2. The molecule has 0 bridgehead atoms. The lowest BCUT2D eigenvalue weighted by molar-refractivity contribution is -0.870. The van der Waals surface area contributed by atoms with Crippen LogP contribution in [0.5, 0.6) is 0 Å². The van der Waals surface area contributed by atoms with Gasteiger partial charge in [0.25, 0.3) is 0 Å². The molecule has 0 rings (SSSR count). The van der Waals surface area contributed by atoms with Crippen molar-refractivity contribution in [2.75, 3.05) is 47.5 Å². The SMILES string of the molecule is CCCCCCCCC(=O)OCC(COP(=O)(O)OCC[N+](C)(C)C)OC(=O)CCCC. The summed E-state index contributed by atoms with van der Waals surface area (Å²) in [6, 6.07) is 0. The largest absolute Gasteiger partial charge is 0.472 e. The third-order valence-electron chi connectivity index (χ3n) is 4.64. The van der Waals surface area contributed by atoms with E-state index in [4.69, 9.17) is 18.5 Å². The Labute approximate surface area is 193 Å². The summed E-state index contributed by atoms with van der Waals surface area (Å²) < 4.78 is 33.1. The molecule has 0 spiro atoms. The molecule has 0 aromatic carbocycles. The molecule has 0 aliphatic rings. The van der Waals surface area contributed by atoms with Gasteiger partial charge in [0.15, 0.2) is 6.10 Å². The molecule has 0 aliphatic carbocycles. The van der Waals surface area contributed by atoms with Crippen molar-refractivity contribution in [3.8, 4) is 0 Å². The number of nitrogens with zero attached hydrogens (tertiary/aromatic N) is 1. The van der Waals surface area contributed by atoms with Crippen LogP contribution in [0, 0.1) is 0 Å². The number of phosphoric ester groups is 1. The van der Waals surface area contributed by atoms with Crippen molar-refractivity contribution in [3.63, 3.8) is 0 Å². The highest BCUT2D eigenvalue weighted by atomic mass is 31.2. The van der Waals surface area contributed by atoms with Crippen molar-refractivity contribution in [1.29, 1.82) is 0 Å². The minimum Gasteiger partial charge on any atom is -0.462 e. The molecule has 2 atom stereocenters. The van der Waals surface area contributed by atoms with Gasteiger partial charge in [-0.1, -0.05) is 52.4 Å². The number of hydrogen-bond donors (Lipinski definition) is 1. The molecule has 1 N–H and O–H groups in total. The number of esters is 2. The van der Waals surface area contributed by atoms with Gasteiger partial charge in [-0.05, 0) is 12.8 Å². The number of unbranched alkanes of at least 4 members (excludes halogenated alkanes) is 6. The van der Waals surface area contributed by atoms with Gasteiger partial charge in [-0.3, -0.25) is 18.6 Å². The van der Waals surface area contributed by atoms with E-state index in [0.29, 0.717) is 17.4 Å². The van der Waals surface area contributed by atoms with Crippen LogP contribution in [0.3, 0.4) is 0 Å². The lowest BCUT2D eigenvalue weighted by atomic mass is 10.1. The van der Waals surface area contributed by atoms with Crippen LogP contribution in [0.15, 0.2) is 0 Å². The Balaban J connectivity index is 4.52. The first-order chi connectivity index (χ1) is 15.0. The van der Waals surface area contributed by atoms with Crippen LogP contribution >= 0.6 is 7.82 Å². The number of rotatable bonds is 20. The predicted molar refractivity (Wildman–Crippen MR) is 123 cm³/mol. The van der Waals surface area contributed by atoms with Crippen molar-refractivity contribution in [2.24, 2.45) is 0 Å². The maximum Gasteiger partial charge on any atom is 0.472 e. The molecule has 0 saturated carbocycles. The fourth-order valence-corrected chi connectivity index (χ4v) is 3.38. The number of phosphoric acid groups is 1. The number of hydrogen-bond acceptors (Lipinski definition) is 7. The van der Waals surface area contributed by atoms with E-state index in [9.17, 15) is 19.0 Å². The van der Waals surface area contributed by atoms with Crippen LogP contribution < -0.4 is 0 Å². The Kier molecular flexibility index (Phi) is 16.9. The van der Waals surface area contributed by atoms with Gasteiger partial charge in [0.05, 0.1) is 27.7 Å². The van der Waals surface area contributed by atoms with Gasteiger partial charge in [-0.15, -0.1) is 0 Å². The smallest absolute Gasteiger partial charge is 0.462 e. The van der Waals surface area contributed by atoms with Gasteiger partial charge >= 0.3 is 19.8 Å². The summed E-state index contributed by atoms with van der Waals surface area (Å²) in [5.41, 5.74) is 0. The number of likely N-dealkylation sites (N-methyl/N-ethyl adjacent to an activating group) is 1. The summed E-state index contributed by atoms with van der Waals surface area (Å²) in [5.74, 6) is -0.854. The second-order valence-corrected chi connectivity index (χ2v) is 10.5. The molecule has 0 radical (unpaired) electrons. The van der Waals surface area contributed by atoms with Crippen molar-refractivity contribution in [3.05, 3.63) is 0 Å². The van der Waals surface area contributed by atoms with Gasteiger partial charge in [0.2, 0.25) is 0 Å². The van der Waals surface area contributed by atoms with E-state index in [1.807, 2.05) is 28.1 Å². The number of quaternary nitrogens is 1. The third-order valence-corrected chi connectivity index (χ3v) is 5.62. The first-order valence-electron chi connectivity index (χ1n) is 11.8. The van der Waals surface area contributed by atoms with E-state index >= 15 is 0 Å². The number of carbonyl (C=O) groups excluding carboxylic acids is 2. The molecule has 9 nitrogen and oxygen atoms in total. The summed E-state index contributed by atoms with van der Waals surface area (Å²) in [7, 11) is 1.47. The Morgan fingerprint density at radius 2 is 1.44 bits per heavy atom. The molecule has 32 heavy (non-hydrogen) atoms. The molecule has 190 valence electrons. The molecular formula is C22H45NO8P+. The standard InChI is InChI=1S/C22H44NO8P/c1-6-8-10-11-12-13-15-21(24)28-18-20(31-22(25)14-9-7-2)19-30-32(26,27)29-17-16-23(3,4)5/h20H,6-19H2,1-5H3/p+1. The molecule has 0 aromatic rings. The zero-order chi connectivity index (χ0) is 24.5. The highest BCUT2D eigenvalue weighted by Gasteiger charge is 2.26. The highest BCUT2D eigenvalue weighted by molar-refractivity contribution is 7.47. The molecule has 0 heterocycles. The molecule has 0 aromatic heterocycles. The second-order valence-electron chi connectivity index (χ2n) is 9.03. The average Bonchev–Trinajstić information content (AvgIpc) is 2.69. The monoisotopic (exact) mass is 482 g/mol. The van der Waals surface area contributed by atoms with Crippen LogP contribution in [-0.2, 0) is 32.7 Å². The normalized spacial score (nSPS) is 14.6. The van der Waals surface area contributed by atoms with Gasteiger partial charge < -0.3 is 18.9 Å². The fraction of sp³-hybridized carbons (Fsp3) is 0.909. The molecule has 0 saturated heterocycles. The van der Waals surface area contributed by atoms with Gasteiger partial charge in [0, 0.05) is 12.8 Å². The maximum absolute atomic E-state index is 12.1. The first kappa shape index (κ1) is 31.0. The van der Waals surface area contributed by atoms with Gasteiger partial charge in [-0.25, -0.2) is 4.57 Å². The van der Waals surface area contributed by atoms with E-state index in [2.05, 4.69) is 6.92 Å². The molecular weight excluding hydrogens is 437 g/mol.